The van der Waals surface area contributed by atoms with E-state index in [9.17, 15) is 86.5 Å². The Morgan fingerprint density at radius 3 is 1.75 bits per heavy atom. The normalized spacial score (nSPS) is 54.8. The maximum absolute atomic E-state index is 13.0. The van der Waals surface area contributed by atoms with E-state index in [1.807, 2.05) is 13.8 Å². The van der Waals surface area contributed by atoms with Gasteiger partial charge in [-0.15, -0.1) is 0 Å². The first-order valence-corrected chi connectivity index (χ1v) is 32.8. The molecule has 36 unspecified atom stereocenters. The third-order valence-corrected chi connectivity index (χ3v) is 23.6. The monoisotopic (exact) mass is 1320 g/mol. The lowest BCUT2D eigenvalue weighted by Crippen LogP contribution is -2.68. The Morgan fingerprint density at radius 2 is 1.10 bits per heavy atom. The minimum atomic E-state index is -2.05. The Balaban J connectivity index is 0.810. The number of Topliss-reactive ketones (excluding diaryl/α,β-unsaturated/α-hetero) is 1. The Morgan fingerprint density at radius 1 is 0.533 bits per heavy atom. The molecular formula is C62H100O30. The summed E-state index contributed by atoms with van der Waals surface area (Å²) in [5.74, 6) is 0.268. The number of rotatable bonds is 17. The van der Waals surface area contributed by atoms with E-state index in [0.29, 0.717) is 19.3 Å². The lowest BCUT2D eigenvalue weighted by molar-refractivity contribution is -0.408. The van der Waals surface area contributed by atoms with Crippen molar-refractivity contribution in [3.63, 3.8) is 0 Å². The van der Waals surface area contributed by atoms with E-state index in [1.54, 1.807) is 0 Å². The molecule has 4 aliphatic carbocycles. The molecule has 11 rings (SSSR count). The van der Waals surface area contributed by atoms with Crippen LogP contribution in [0, 0.1) is 33.5 Å². The van der Waals surface area contributed by atoms with Crippen LogP contribution in [-0.4, -0.2) is 311 Å². The smallest absolute Gasteiger partial charge is 0.187 e. The van der Waals surface area contributed by atoms with Crippen LogP contribution in [0.3, 0.4) is 0 Å². The van der Waals surface area contributed by atoms with Crippen molar-refractivity contribution in [3.05, 3.63) is 11.1 Å². The molecule has 0 aromatic rings. The second-order valence-corrected chi connectivity index (χ2v) is 29.1. The summed E-state index contributed by atoms with van der Waals surface area (Å²) in [6.07, 6.45) is -42.6. The number of fused-ring (bicyclic) bond motifs is 4. The molecule has 9 fully saturated rings. The molecule has 0 amide bonds. The average Bonchev–Trinajstić information content (AvgIpc) is 1.43. The number of allylic oxidation sites excluding steroid dienone is 2. The first-order chi connectivity index (χ1) is 43.4. The molecule has 0 bridgehead atoms. The van der Waals surface area contributed by atoms with Crippen LogP contribution in [0.25, 0.3) is 0 Å². The summed E-state index contributed by atoms with van der Waals surface area (Å²) >= 11 is 0. The van der Waals surface area contributed by atoms with Crippen molar-refractivity contribution in [1.82, 2.24) is 0 Å². The van der Waals surface area contributed by atoms with Crippen molar-refractivity contribution >= 4 is 5.78 Å². The first kappa shape index (κ1) is 71.5. The van der Waals surface area contributed by atoms with E-state index in [4.69, 9.17) is 61.6 Å². The number of carbonyl (C=O) groups excluding carboxylic acids is 1. The summed E-state index contributed by atoms with van der Waals surface area (Å²) in [6.45, 7) is 10.7. The summed E-state index contributed by atoms with van der Waals surface area (Å²) in [5.41, 5.74) is 0.966. The van der Waals surface area contributed by atoms with E-state index < -0.39 is 222 Å². The standard InChI is InChI=1S/C62H100O30/c1-8-28(65)32-15-24(2)62(92-32)21-58(4)13-11-26-27(61(58,7)22-62)9-10-35-59(26,5)14-12-36(60(35,6)23-64)87-54-47(79)44(76)41(73)34(86-54)20-83-55-49(39(71)30(67)18-81-55)90-57-51(91-53-46(78)43(75)37(69)25(3)84-53)48(42(74)33(16-63)85-57)88-56-50(40(72)31(68)19-82-56)89-52-45(77)38(70)29(66)17-80-52/h24-25,29-57,63-64,66-79H,8-23H2,1-7H3. The van der Waals surface area contributed by atoms with Crippen LogP contribution < -0.4 is 0 Å². The molecule has 92 heavy (non-hydrogen) atoms. The van der Waals surface area contributed by atoms with Crippen LogP contribution in [0.4, 0.5) is 0 Å². The predicted octanol–water partition coefficient (Wildman–Crippen LogP) is -4.51. The maximum atomic E-state index is 13.0. The van der Waals surface area contributed by atoms with Crippen molar-refractivity contribution in [3.8, 4) is 0 Å². The zero-order valence-electron chi connectivity index (χ0n) is 53.1. The van der Waals surface area contributed by atoms with Crippen molar-refractivity contribution in [2.45, 2.75) is 296 Å². The molecule has 7 saturated heterocycles. The fourth-order valence-corrected chi connectivity index (χ4v) is 17.7. The summed E-state index contributed by atoms with van der Waals surface area (Å²) in [5, 5.41) is 177. The molecule has 16 N–H and O–H groups in total. The molecule has 7 aliphatic heterocycles. The molecule has 0 aromatic heterocycles. The summed E-state index contributed by atoms with van der Waals surface area (Å²) in [7, 11) is 0. The number of ketones is 1. The van der Waals surface area contributed by atoms with Gasteiger partial charge in [-0.05, 0) is 92.8 Å². The van der Waals surface area contributed by atoms with Gasteiger partial charge in [-0.1, -0.05) is 52.7 Å². The average molecular weight is 1330 g/mol. The van der Waals surface area contributed by atoms with E-state index in [0.717, 1.165) is 44.9 Å². The van der Waals surface area contributed by atoms with Crippen LogP contribution in [-0.2, 0) is 66.4 Å². The Bertz CT molecular complexity index is 2570. The minimum absolute atomic E-state index is 0.0554. The number of hydrogen-bond acceptors (Lipinski definition) is 30. The van der Waals surface area contributed by atoms with Crippen molar-refractivity contribution in [2.75, 3.05) is 39.6 Å². The molecule has 7 heterocycles. The highest BCUT2D eigenvalue weighted by Crippen LogP contribution is 2.74. The molecule has 30 heteroatoms. The number of aliphatic hydroxyl groups is 16. The van der Waals surface area contributed by atoms with Gasteiger partial charge in [-0.3, -0.25) is 4.79 Å². The third-order valence-electron chi connectivity index (χ3n) is 23.6. The molecule has 1 spiro atoms. The van der Waals surface area contributed by atoms with Gasteiger partial charge in [-0.2, -0.15) is 0 Å². The molecule has 11 aliphatic rings. The highest BCUT2D eigenvalue weighted by atomic mass is 16.8. The largest absolute Gasteiger partial charge is 0.396 e. The van der Waals surface area contributed by atoms with Gasteiger partial charge in [0, 0.05) is 11.8 Å². The van der Waals surface area contributed by atoms with Crippen LogP contribution in [0.1, 0.15) is 113 Å². The van der Waals surface area contributed by atoms with E-state index in [-0.39, 0.29) is 40.5 Å². The summed E-state index contributed by atoms with van der Waals surface area (Å²) in [4.78, 5) is 13.0. The van der Waals surface area contributed by atoms with E-state index >= 15 is 0 Å². The third kappa shape index (κ3) is 12.5. The van der Waals surface area contributed by atoms with Crippen LogP contribution in [0.2, 0.25) is 0 Å². The highest BCUT2D eigenvalue weighted by Gasteiger charge is 2.69. The SMILES string of the molecule is CCC(=O)C1CC(C)C2(CC3(C)CCC4=C(CCC5C4(C)CCC(OC4OC(COC6OCC(O)C(O)C6OC6OC(CO)C(O)C(OC7OCC(O)C(O)C7OC7OCC(O)C(O)C7O)C6OC6OC(C)C(O)C(O)C6O)C(O)C(O)C4O)C5(C)CO)C3(C)C2)O1. The first-order valence-electron chi connectivity index (χ1n) is 32.8. The fraction of sp³-hybridized carbons (Fsp3) is 0.952. The van der Waals surface area contributed by atoms with Gasteiger partial charge in [-0.25, -0.2) is 0 Å². The van der Waals surface area contributed by atoms with Gasteiger partial charge in [0.05, 0.1) is 57.5 Å². The highest BCUT2D eigenvalue weighted by molar-refractivity contribution is 5.83. The molecular weight excluding hydrogens is 1220 g/mol. The molecule has 2 saturated carbocycles. The molecule has 36 atom stereocenters. The van der Waals surface area contributed by atoms with Crippen molar-refractivity contribution in [1.29, 1.82) is 0 Å². The number of ether oxygens (including phenoxy) is 13. The molecule has 0 radical (unpaired) electrons. The van der Waals surface area contributed by atoms with Gasteiger partial charge in [0.1, 0.15) is 128 Å². The van der Waals surface area contributed by atoms with E-state index in [2.05, 4.69) is 27.7 Å². The Labute approximate surface area is 533 Å². The summed E-state index contributed by atoms with van der Waals surface area (Å²) in [6, 6.07) is 0. The maximum Gasteiger partial charge on any atom is 0.187 e. The minimum Gasteiger partial charge on any atom is -0.396 e. The Kier molecular flexibility index (Phi) is 21.3. The second-order valence-electron chi connectivity index (χ2n) is 29.1. The Hall–Kier alpha value is -1.75. The molecule has 30 nitrogen and oxygen atoms in total. The zero-order chi connectivity index (χ0) is 66.6. The molecule has 528 valence electrons. The van der Waals surface area contributed by atoms with Crippen molar-refractivity contribution in [2.24, 2.45) is 33.5 Å². The van der Waals surface area contributed by atoms with Crippen LogP contribution >= 0.6 is 0 Å². The quantitative estimate of drug-likeness (QED) is 0.0610. The van der Waals surface area contributed by atoms with Gasteiger partial charge in [0.25, 0.3) is 0 Å². The van der Waals surface area contributed by atoms with Gasteiger partial charge >= 0.3 is 0 Å². The van der Waals surface area contributed by atoms with Gasteiger partial charge in [0.2, 0.25) is 0 Å². The van der Waals surface area contributed by atoms with E-state index in [1.165, 1.54) is 18.1 Å². The number of aliphatic hydroxyl groups excluding tert-OH is 16. The number of hydrogen-bond donors (Lipinski definition) is 16. The number of carbonyl (C=O) groups is 1. The second kappa shape index (κ2) is 27.4. The van der Waals surface area contributed by atoms with Crippen molar-refractivity contribution < 1.29 is 148 Å². The van der Waals surface area contributed by atoms with Gasteiger partial charge in [0.15, 0.2) is 43.5 Å². The lowest BCUT2D eigenvalue weighted by Gasteiger charge is -2.62. The zero-order valence-corrected chi connectivity index (χ0v) is 53.1. The lowest BCUT2D eigenvalue weighted by atomic mass is 9.44. The van der Waals surface area contributed by atoms with Crippen LogP contribution in [0.5, 0.6) is 0 Å². The summed E-state index contributed by atoms with van der Waals surface area (Å²) < 4.78 is 79.4. The fourth-order valence-electron chi connectivity index (χ4n) is 17.7. The topological polar surface area (TPSA) is 461 Å². The van der Waals surface area contributed by atoms with Crippen LogP contribution in [0.15, 0.2) is 11.1 Å². The molecule has 0 aromatic carbocycles. The predicted molar refractivity (Wildman–Crippen MR) is 306 cm³/mol. The van der Waals surface area contributed by atoms with Gasteiger partial charge < -0.3 is 143 Å².